The molecule has 0 amide bonds. The average Bonchev–Trinajstić information content (AvgIpc) is 2.74. The maximum absolute atomic E-state index is 11.2. The van der Waals surface area contributed by atoms with Crippen molar-refractivity contribution in [2.24, 2.45) is 0 Å². The molecular weight excluding hydrogens is 270 g/mol. The zero-order chi connectivity index (χ0) is 13.0. The maximum atomic E-state index is 11.2. The van der Waals surface area contributed by atoms with E-state index in [1.807, 2.05) is 13.1 Å². The molecule has 0 aliphatic carbocycles. The molecule has 18 heavy (non-hydrogen) atoms. The van der Waals surface area contributed by atoms with E-state index in [0.717, 1.165) is 16.6 Å². The lowest BCUT2D eigenvalue weighted by atomic mass is 10.6. The SMILES string of the molecule is CCNc1ncc(CSc2nc(N)cc(=O)[nH]2)s1. The van der Waals surface area contributed by atoms with E-state index < -0.39 is 0 Å². The van der Waals surface area contributed by atoms with Crippen LogP contribution in [0.15, 0.2) is 22.2 Å². The second-order valence-electron chi connectivity index (χ2n) is 3.43. The van der Waals surface area contributed by atoms with Gasteiger partial charge in [0.05, 0.1) is 0 Å². The fraction of sp³-hybridized carbons (Fsp3) is 0.300. The van der Waals surface area contributed by atoms with E-state index in [-0.39, 0.29) is 11.4 Å². The molecule has 2 aromatic rings. The standard InChI is InChI=1S/C10H13N5OS2/c1-2-12-9-13-4-6(18-9)5-17-10-14-7(11)3-8(16)15-10/h3-4H,2,5H2,1H3,(H,12,13)(H3,11,14,15,16). The molecule has 0 aliphatic heterocycles. The highest BCUT2D eigenvalue weighted by atomic mass is 32.2. The largest absolute Gasteiger partial charge is 0.383 e. The van der Waals surface area contributed by atoms with Gasteiger partial charge in [0.25, 0.3) is 5.56 Å². The quantitative estimate of drug-likeness (QED) is 0.569. The van der Waals surface area contributed by atoms with Crippen LogP contribution >= 0.6 is 23.1 Å². The van der Waals surface area contributed by atoms with Gasteiger partial charge < -0.3 is 16.0 Å². The number of hydrogen-bond acceptors (Lipinski definition) is 7. The first-order chi connectivity index (χ1) is 8.67. The summed E-state index contributed by atoms with van der Waals surface area (Å²) in [5.41, 5.74) is 5.27. The van der Waals surface area contributed by atoms with Crippen LogP contribution in [0.2, 0.25) is 0 Å². The summed E-state index contributed by atoms with van der Waals surface area (Å²) in [7, 11) is 0. The van der Waals surface area contributed by atoms with Crippen LogP contribution in [0.25, 0.3) is 0 Å². The lowest BCUT2D eigenvalue weighted by Crippen LogP contribution is -2.09. The third-order valence-corrected chi connectivity index (χ3v) is 4.03. The van der Waals surface area contributed by atoms with Gasteiger partial charge >= 0.3 is 0 Å². The molecule has 0 spiro atoms. The first kappa shape index (κ1) is 12.9. The van der Waals surface area contributed by atoms with E-state index in [4.69, 9.17) is 5.73 Å². The average molecular weight is 283 g/mol. The molecule has 0 fully saturated rings. The summed E-state index contributed by atoms with van der Waals surface area (Å²) in [5.74, 6) is 0.939. The second kappa shape index (κ2) is 5.87. The fourth-order valence-corrected chi connectivity index (χ4v) is 3.05. The Morgan fingerprint density at radius 3 is 3.17 bits per heavy atom. The summed E-state index contributed by atoms with van der Waals surface area (Å²) in [6, 6.07) is 1.26. The summed E-state index contributed by atoms with van der Waals surface area (Å²) in [6.07, 6.45) is 1.82. The highest BCUT2D eigenvalue weighted by molar-refractivity contribution is 7.98. The van der Waals surface area contributed by atoms with E-state index in [2.05, 4.69) is 20.3 Å². The van der Waals surface area contributed by atoms with E-state index in [1.54, 1.807) is 11.3 Å². The van der Waals surface area contributed by atoms with Crippen LogP contribution in [-0.4, -0.2) is 21.5 Å². The van der Waals surface area contributed by atoms with Crippen LogP contribution in [0.3, 0.4) is 0 Å². The minimum absolute atomic E-state index is 0.234. The van der Waals surface area contributed by atoms with Crippen molar-refractivity contribution < 1.29 is 0 Å². The van der Waals surface area contributed by atoms with Crippen LogP contribution in [0.5, 0.6) is 0 Å². The molecule has 0 unspecified atom stereocenters. The van der Waals surface area contributed by atoms with Gasteiger partial charge in [0, 0.05) is 29.4 Å². The van der Waals surface area contributed by atoms with Gasteiger partial charge in [0.1, 0.15) is 5.82 Å². The molecule has 0 bridgehead atoms. The van der Waals surface area contributed by atoms with Crippen molar-refractivity contribution in [3.8, 4) is 0 Å². The van der Waals surface area contributed by atoms with E-state index in [0.29, 0.717) is 10.9 Å². The third kappa shape index (κ3) is 3.47. The number of nitrogens with zero attached hydrogens (tertiary/aromatic N) is 2. The van der Waals surface area contributed by atoms with Crippen molar-refractivity contribution in [3.63, 3.8) is 0 Å². The molecule has 2 heterocycles. The Morgan fingerprint density at radius 1 is 1.61 bits per heavy atom. The number of nitrogens with two attached hydrogens (primary N) is 1. The number of rotatable bonds is 5. The zero-order valence-corrected chi connectivity index (χ0v) is 11.4. The van der Waals surface area contributed by atoms with Gasteiger partial charge in [-0.3, -0.25) is 4.79 Å². The number of hydrogen-bond donors (Lipinski definition) is 3. The minimum Gasteiger partial charge on any atom is -0.383 e. The molecule has 2 aromatic heterocycles. The number of thiazole rings is 1. The Morgan fingerprint density at radius 2 is 2.44 bits per heavy atom. The smallest absolute Gasteiger partial charge is 0.253 e. The molecule has 2 rings (SSSR count). The monoisotopic (exact) mass is 283 g/mol. The summed E-state index contributed by atoms with van der Waals surface area (Å²) in [6.45, 7) is 2.88. The van der Waals surface area contributed by atoms with Gasteiger partial charge in [-0.05, 0) is 6.92 Å². The summed E-state index contributed by atoms with van der Waals surface area (Å²) < 4.78 is 0. The normalized spacial score (nSPS) is 10.5. The molecule has 96 valence electrons. The topological polar surface area (TPSA) is 96.7 Å². The number of aromatic nitrogens is 3. The van der Waals surface area contributed by atoms with Gasteiger partial charge in [-0.2, -0.15) is 0 Å². The van der Waals surface area contributed by atoms with E-state index in [1.165, 1.54) is 17.8 Å². The van der Waals surface area contributed by atoms with Crippen molar-refractivity contribution in [2.75, 3.05) is 17.6 Å². The minimum atomic E-state index is -0.234. The third-order valence-electron chi connectivity index (χ3n) is 1.97. The summed E-state index contributed by atoms with van der Waals surface area (Å²) in [4.78, 5) is 23.2. The predicted octanol–water partition coefficient (Wildman–Crippen LogP) is 1.53. The Hall–Kier alpha value is -1.54. The summed E-state index contributed by atoms with van der Waals surface area (Å²) in [5, 5.41) is 4.58. The number of aromatic amines is 1. The lowest BCUT2D eigenvalue weighted by molar-refractivity contribution is 0.945. The first-order valence-corrected chi connectivity index (χ1v) is 7.16. The van der Waals surface area contributed by atoms with Gasteiger partial charge in [-0.1, -0.05) is 11.8 Å². The first-order valence-electron chi connectivity index (χ1n) is 5.35. The predicted molar refractivity (Wildman–Crippen MR) is 75.1 cm³/mol. The van der Waals surface area contributed by atoms with Crippen molar-refractivity contribution in [2.45, 2.75) is 17.8 Å². The van der Waals surface area contributed by atoms with Crippen LogP contribution in [-0.2, 0) is 5.75 Å². The fourth-order valence-electron chi connectivity index (χ4n) is 1.27. The number of H-pyrrole nitrogens is 1. The maximum Gasteiger partial charge on any atom is 0.253 e. The van der Waals surface area contributed by atoms with E-state index in [9.17, 15) is 4.79 Å². The van der Waals surface area contributed by atoms with Crippen LogP contribution in [0.1, 0.15) is 11.8 Å². The Bertz CT molecular complexity index is 580. The van der Waals surface area contributed by atoms with Gasteiger partial charge in [-0.15, -0.1) is 11.3 Å². The molecular formula is C10H13N5OS2. The molecule has 0 radical (unpaired) electrons. The molecule has 6 nitrogen and oxygen atoms in total. The molecule has 4 N–H and O–H groups in total. The van der Waals surface area contributed by atoms with Gasteiger partial charge in [0.2, 0.25) is 0 Å². The number of thioether (sulfide) groups is 1. The van der Waals surface area contributed by atoms with Gasteiger partial charge in [0.15, 0.2) is 10.3 Å². The highest BCUT2D eigenvalue weighted by Gasteiger charge is 2.04. The molecule has 0 saturated carbocycles. The van der Waals surface area contributed by atoms with E-state index >= 15 is 0 Å². The van der Waals surface area contributed by atoms with Crippen molar-refractivity contribution in [1.82, 2.24) is 15.0 Å². The Labute approximate surface area is 112 Å². The van der Waals surface area contributed by atoms with Crippen molar-refractivity contribution in [3.05, 3.63) is 27.5 Å². The second-order valence-corrected chi connectivity index (χ2v) is 5.51. The molecule has 0 atom stereocenters. The summed E-state index contributed by atoms with van der Waals surface area (Å²) >= 11 is 3.02. The molecule has 0 aliphatic rings. The van der Waals surface area contributed by atoms with Gasteiger partial charge in [-0.25, -0.2) is 9.97 Å². The Balaban J connectivity index is 1.99. The van der Waals surface area contributed by atoms with Crippen LogP contribution in [0, 0.1) is 0 Å². The van der Waals surface area contributed by atoms with Crippen molar-refractivity contribution >= 4 is 34.0 Å². The molecule has 0 aromatic carbocycles. The molecule has 0 saturated heterocycles. The lowest BCUT2D eigenvalue weighted by Gasteiger charge is -1.99. The number of nitrogens with one attached hydrogen (secondary N) is 2. The number of anilines is 2. The zero-order valence-electron chi connectivity index (χ0n) is 9.77. The van der Waals surface area contributed by atoms with Crippen molar-refractivity contribution in [1.29, 1.82) is 0 Å². The molecule has 8 heteroatoms. The Kier molecular flexibility index (Phi) is 4.21. The van der Waals surface area contributed by atoms with Crippen LogP contribution in [0.4, 0.5) is 10.9 Å². The highest BCUT2D eigenvalue weighted by Crippen LogP contribution is 2.25. The van der Waals surface area contributed by atoms with Crippen LogP contribution < -0.4 is 16.6 Å². The number of nitrogen functional groups attached to an aromatic ring is 1.